The minimum absolute atomic E-state index is 0.229. The van der Waals surface area contributed by atoms with Crippen LogP contribution in [0.4, 0.5) is 0 Å². The molecule has 1 N–H and O–H groups in total. The van der Waals surface area contributed by atoms with Gasteiger partial charge in [0.2, 0.25) is 0 Å². The van der Waals surface area contributed by atoms with Crippen LogP contribution in [0.2, 0.25) is 0 Å². The molecule has 19 heavy (non-hydrogen) atoms. The van der Waals surface area contributed by atoms with E-state index < -0.39 is 12.0 Å². The first-order chi connectivity index (χ1) is 9.02. The van der Waals surface area contributed by atoms with Gasteiger partial charge >= 0.3 is 5.97 Å². The highest BCUT2D eigenvalue weighted by atomic mass is 16.5. The normalized spacial score (nSPS) is 22.5. The van der Waals surface area contributed by atoms with Gasteiger partial charge < -0.3 is 14.7 Å². The molecule has 0 spiro atoms. The first kappa shape index (κ1) is 13.5. The monoisotopic (exact) mass is 264 g/mol. The number of methoxy groups -OCH3 is 1. The smallest absolute Gasteiger partial charge is 0.326 e. The summed E-state index contributed by atoms with van der Waals surface area (Å²) in [5.74, 6) is -1.30. The van der Waals surface area contributed by atoms with Crippen molar-refractivity contribution in [3.63, 3.8) is 0 Å². The SMILES string of the molecule is COC1CC(C(=O)O)N(C(=O)c2ccnc(C)c2)C1. The van der Waals surface area contributed by atoms with E-state index in [-0.39, 0.29) is 12.0 Å². The topological polar surface area (TPSA) is 79.7 Å². The Balaban J connectivity index is 2.24. The summed E-state index contributed by atoms with van der Waals surface area (Å²) in [5.41, 5.74) is 1.18. The number of pyridine rings is 1. The molecule has 1 aliphatic heterocycles. The first-order valence-corrected chi connectivity index (χ1v) is 6.02. The number of ether oxygens (including phenoxy) is 1. The molecule has 2 rings (SSSR count). The van der Waals surface area contributed by atoms with Crippen LogP contribution in [0.15, 0.2) is 18.3 Å². The molecule has 0 bridgehead atoms. The molecule has 6 heteroatoms. The van der Waals surface area contributed by atoms with Gasteiger partial charge in [0, 0.05) is 37.5 Å². The van der Waals surface area contributed by atoms with Crippen LogP contribution in [-0.4, -0.2) is 52.7 Å². The van der Waals surface area contributed by atoms with Gasteiger partial charge in [-0.3, -0.25) is 9.78 Å². The fraction of sp³-hybridized carbons (Fsp3) is 0.462. The Morgan fingerprint density at radius 1 is 1.53 bits per heavy atom. The number of aliphatic carboxylic acids is 1. The fourth-order valence-electron chi connectivity index (χ4n) is 2.27. The van der Waals surface area contributed by atoms with Crippen molar-refractivity contribution in [2.45, 2.75) is 25.5 Å². The van der Waals surface area contributed by atoms with Crippen molar-refractivity contribution in [3.05, 3.63) is 29.6 Å². The lowest BCUT2D eigenvalue weighted by Crippen LogP contribution is -2.40. The van der Waals surface area contributed by atoms with E-state index in [0.29, 0.717) is 18.5 Å². The highest BCUT2D eigenvalue weighted by Crippen LogP contribution is 2.22. The van der Waals surface area contributed by atoms with Gasteiger partial charge in [0.25, 0.3) is 5.91 Å². The summed E-state index contributed by atoms with van der Waals surface area (Å²) < 4.78 is 5.16. The van der Waals surface area contributed by atoms with E-state index >= 15 is 0 Å². The predicted octanol–water partition coefficient (Wildman–Crippen LogP) is 0.704. The number of carbonyl (C=O) groups excluding carboxylic acids is 1. The van der Waals surface area contributed by atoms with Crippen LogP contribution in [0.1, 0.15) is 22.5 Å². The number of hydrogen-bond donors (Lipinski definition) is 1. The maximum absolute atomic E-state index is 12.4. The molecule has 0 saturated carbocycles. The standard InChI is InChI=1S/C13H16N2O4/c1-8-5-9(3-4-14-8)12(16)15-7-10(19-2)6-11(15)13(17)18/h3-5,10-11H,6-7H2,1-2H3,(H,17,18). The number of carbonyl (C=O) groups is 2. The lowest BCUT2D eigenvalue weighted by atomic mass is 10.1. The zero-order valence-corrected chi connectivity index (χ0v) is 10.9. The number of likely N-dealkylation sites (tertiary alicyclic amines) is 1. The molecule has 2 heterocycles. The number of aromatic nitrogens is 1. The summed E-state index contributed by atoms with van der Waals surface area (Å²) in [6.45, 7) is 2.08. The average Bonchev–Trinajstić information content (AvgIpc) is 2.82. The van der Waals surface area contributed by atoms with Gasteiger partial charge in [0.15, 0.2) is 0 Å². The van der Waals surface area contributed by atoms with Gasteiger partial charge in [-0.15, -0.1) is 0 Å². The van der Waals surface area contributed by atoms with Crippen molar-refractivity contribution in [3.8, 4) is 0 Å². The zero-order valence-electron chi connectivity index (χ0n) is 10.9. The third kappa shape index (κ3) is 2.73. The third-order valence-electron chi connectivity index (χ3n) is 3.29. The van der Waals surface area contributed by atoms with E-state index in [0.717, 1.165) is 5.69 Å². The van der Waals surface area contributed by atoms with Crippen LogP contribution in [0.25, 0.3) is 0 Å². The Morgan fingerprint density at radius 2 is 2.26 bits per heavy atom. The Morgan fingerprint density at radius 3 is 2.84 bits per heavy atom. The van der Waals surface area contributed by atoms with Crippen LogP contribution < -0.4 is 0 Å². The average molecular weight is 264 g/mol. The summed E-state index contributed by atoms with van der Waals surface area (Å²) in [6.07, 6.45) is 1.64. The summed E-state index contributed by atoms with van der Waals surface area (Å²) >= 11 is 0. The fourth-order valence-corrected chi connectivity index (χ4v) is 2.27. The van der Waals surface area contributed by atoms with Crippen molar-refractivity contribution in [1.29, 1.82) is 0 Å². The van der Waals surface area contributed by atoms with E-state index in [1.54, 1.807) is 25.3 Å². The number of aryl methyl sites for hydroxylation is 1. The second kappa shape index (κ2) is 5.36. The highest BCUT2D eigenvalue weighted by Gasteiger charge is 2.40. The molecular weight excluding hydrogens is 248 g/mol. The number of carboxylic acids is 1. The maximum atomic E-state index is 12.4. The first-order valence-electron chi connectivity index (χ1n) is 6.02. The van der Waals surface area contributed by atoms with Crippen LogP contribution in [0.3, 0.4) is 0 Å². The molecule has 0 radical (unpaired) electrons. The molecule has 1 aromatic rings. The second-order valence-electron chi connectivity index (χ2n) is 4.59. The second-order valence-corrected chi connectivity index (χ2v) is 4.59. The van der Waals surface area contributed by atoms with Gasteiger partial charge in [0.1, 0.15) is 6.04 Å². The summed E-state index contributed by atoms with van der Waals surface area (Å²) in [5, 5.41) is 9.19. The number of carboxylic acid groups (broad SMARTS) is 1. The van der Waals surface area contributed by atoms with Crippen molar-refractivity contribution in [2.75, 3.05) is 13.7 Å². The van der Waals surface area contributed by atoms with Crippen LogP contribution >= 0.6 is 0 Å². The quantitative estimate of drug-likeness (QED) is 0.869. The molecule has 102 valence electrons. The predicted molar refractivity (Wildman–Crippen MR) is 66.8 cm³/mol. The van der Waals surface area contributed by atoms with Gasteiger partial charge in [0.05, 0.1) is 6.10 Å². The van der Waals surface area contributed by atoms with Gasteiger partial charge in [-0.25, -0.2) is 4.79 Å². The van der Waals surface area contributed by atoms with E-state index in [2.05, 4.69) is 4.98 Å². The van der Waals surface area contributed by atoms with E-state index in [1.807, 2.05) is 0 Å². The number of nitrogens with zero attached hydrogens (tertiary/aromatic N) is 2. The molecule has 0 aromatic carbocycles. The molecule has 1 aliphatic rings. The molecule has 1 saturated heterocycles. The van der Waals surface area contributed by atoms with Gasteiger partial charge in [-0.05, 0) is 19.1 Å². The largest absolute Gasteiger partial charge is 0.480 e. The molecule has 1 aromatic heterocycles. The van der Waals surface area contributed by atoms with Gasteiger partial charge in [-0.1, -0.05) is 0 Å². The molecule has 0 aliphatic carbocycles. The Labute approximate surface area is 111 Å². The van der Waals surface area contributed by atoms with Crippen molar-refractivity contribution >= 4 is 11.9 Å². The van der Waals surface area contributed by atoms with Crippen LogP contribution in [-0.2, 0) is 9.53 Å². The Bertz CT molecular complexity index is 503. The van der Waals surface area contributed by atoms with Crippen LogP contribution in [0, 0.1) is 6.92 Å². The van der Waals surface area contributed by atoms with Crippen molar-refractivity contribution in [1.82, 2.24) is 9.88 Å². The molecular formula is C13H16N2O4. The Hall–Kier alpha value is -1.95. The minimum Gasteiger partial charge on any atom is -0.480 e. The number of amides is 1. The van der Waals surface area contributed by atoms with E-state index in [9.17, 15) is 14.7 Å². The lowest BCUT2D eigenvalue weighted by Gasteiger charge is -2.21. The Kier molecular flexibility index (Phi) is 3.80. The lowest BCUT2D eigenvalue weighted by molar-refractivity contribution is -0.141. The van der Waals surface area contributed by atoms with Gasteiger partial charge in [-0.2, -0.15) is 0 Å². The molecule has 1 fully saturated rings. The maximum Gasteiger partial charge on any atom is 0.326 e. The van der Waals surface area contributed by atoms with E-state index in [4.69, 9.17) is 4.74 Å². The number of hydrogen-bond acceptors (Lipinski definition) is 4. The summed E-state index contributed by atoms with van der Waals surface area (Å²) in [4.78, 5) is 28.9. The molecule has 2 unspecified atom stereocenters. The molecule has 2 atom stereocenters. The number of rotatable bonds is 3. The van der Waals surface area contributed by atoms with Crippen molar-refractivity contribution in [2.24, 2.45) is 0 Å². The third-order valence-corrected chi connectivity index (χ3v) is 3.29. The highest BCUT2D eigenvalue weighted by molar-refractivity contribution is 5.97. The molecule has 6 nitrogen and oxygen atoms in total. The zero-order chi connectivity index (χ0) is 14.0. The summed E-state index contributed by atoms with van der Waals surface area (Å²) in [6, 6.07) is 2.42. The van der Waals surface area contributed by atoms with Crippen molar-refractivity contribution < 1.29 is 19.4 Å². The summed E-state index contributed by atoms with van der Waals surface area (Å²) in [7, 11) is 1.52. The van der Waals surface area contributed by atoms with Crippen LogP contribution in [0.5, 0.6) is 0 Å². The van der Waals surface area contributed by atoms with E-state index in [1.165, 1.54) is 12.0 Å². The molecule has 1 amide bonds. The minimum atomic E-state index is -1.00.